The number of tetrazole rings is 1. The van der Waals surface area contributed by atoms with Gasteiger partial charge in [0, 0.05) is 25.2 Å². The number of piperidine rings is 1. The fraction of sp³-hybridized carbons (Fsp3) is 0.526. The summed E-state index contributed by atoms with van der Waals surface area (Å²) in [5.41, 5.74) is 14.1. The Labute approximate surface area is 178 Å². The van der Waals surface area contributed by atoms with E-state index in [0.29, 0.717) is 41.9 Å². The number of nitrogens with two attached hydrogens (primary N) is 2. The van der Waals surface area contributed by atoms with Crippen molar-refractivity contribution in [2.75, 3.05) is 36.9 Å². The first-order valence-corrected chi connectivity index (χ1v) is 10.8. The van der Waals surface area contributed by atoms with Crippen LogP contribution in [0.1, 0.15) is 34.0 Å². The molecule has 160 valence electrons. The van der Waals surface area contributed by atoms with Crippen molar-refractivity contribution in [1.29, 1.82) is 0 Å². The van der Waals surface area contributed by atoms with Crippen LogP contribution in [0.4, 0.5) is 11.4 Å². The molecule has 30 heavy (non-hydrogen) atoms. The van der Waals surface area contributed by atoms with E-state index >= 15 is 0 Å². The molecular weight excluding hydrogens is 404 g/mol. The second-order valence-corrected chi connectivity index (χ2v) is 8.65. The maximum atomic E-state index is 11.7. The summed E-state index contributed by atoms with van der Waals surface area (Å²) in [5, 5.41) is 12.8. The standard InChI is InChI=1S/C19H26N8O2S/c1-11-8-13(15-16(20)17(18(21)28)30-19(15)22-11)27-6-3-4-12(9-27)10-29-7-5-14-23-25-26(2)24-14/h8,12H,3-7,9-10,20H2,1-2H3,(H2,21,28)/t12-/m0/s1. The van der Waals surface area contributed by atoms with Crippen LogP contribution in [0.25, 0.3) is 10.2 Å². The van der Waals surface area contributed by atoms with Gasteiger partial charge in [-0.2, -0.15) is 4.80 Å². The number of thiophene rings is 1. The van der Waals surface area contributed by atoms with Crippen LogP contribution < -0.4 is 16.4 Å². The molecule has 1 aliphatic heterocycles. The summed E-state index contributed by atoms with van der Waals surface area (Å²) >= 11 is 1.26. The van der Waals surface area contributed by atoms with Crippen molar-refractivity contribution in [3.05, 3.63) is 22.5 Å². The third kappa shape index (κ3) is 4.21. The minimum Gasteiger partial charge on any atom is -0.397 e. The SMILES string of the molecule is Cc1cc(N2CCC[C@H](COCCc3nnn(C)n3)C2)c2c(N)c(C(N)=O)sc2n1. The second-order valence-electron chi connectivity index (χ2n) is 7.65. The average molecular weight is 431 g/mol. The lowest BCUT2D eigenvalue weighted by atomic mass is 9.98. The number of nitrogen functional groups attached to an aromatic ring is 1. The maximum Gasteiger partial charge on any atom is 0.260 e. The Morgan fingerprint density at radius 2 is 2.27 bits per heavy atom. The van der Waals surface area contributed by atoms with Gasteiger partial charge in [-0.05, 0) is 37.0 Å². The van der Waals surface area contributed by atoms with E-state index in [9.17, 15) is 4.79 Å². The predicted molar refractivity (Wildman–Crippen MR) is 116 cm³/mol. The molecule has 1 saturated heterocycles. The fourth-order valence-electron chi connectivity index (χ4n) is 3.91. The summed E-state index contributed by atoms with van der Waals surface area (Å²) in [6.07, 6.45) is 2.82. The van der Waals surface area contributed by atoms with E-state index in [1.165, 1.54) is 16.1 Å². The Bertz CT molecular complexity index is 1060. The maximum absolute atomic E-state index is 11.7. The smallest absolute Gasteiger partial charge is 0.260 e. The van der Waals surface area contributed by atoms with Gasteiger partial charge in [-0.25, -0.2) is 4.98 Å². The van der Waals surface area contributed by atoms with Crippen molar-refractivity contribution >= 4 is 38.8 Å². The lowest BCUT2D eigenvalue weighted by molar-refractivity contribution is 0.0949. The molecule has 1 fully saturated rings. The summed E-state index contributed by atoms with van der Waals surface area (Å²) in [6.45, 7) is 4.99. The monoisotopic (exact) mass is 430 g/mol. The highest BCUT2D eigenvalue weighted by Crippen LogP contribution is 2.40. The summed E-state index contributed by atoms with van der Waals surface area (Å²) in [6, 6.07) is 2.04. The first kappa shape index (κ1) is 20.5. The van der Waals surface area contributed by atoms with Gasteiger partial charge < -0.3 is 21.1 Å². The van der Waals surface area contributed by atoms with Gasteiger partial charge in [0.2, 0.25) is 0 Å². The van der Waals surface area contributed by atoms with Gasteiger partial charge in [0.15, 0.2) is 5.82 Å². The summed E-state index contributed by atoms with van der Waals surface area (Å²) in [7, 11) is 1.75. The average Bonchev–Trinajstić information content (AvgIpc) is 3.28. The number of fused-ring (bicyclic) bond motifs is 1. The van der Waals surface area contributed by atoms with Crippen LogP contribution in [0, 0.1) is 12.8 Å². The first-order valence-electron chi connectivity index (χ1n) is 9.97. The van der Waals surface area contributed by atoms with Crippen molar-refractivity contribution < 1.29 is 9.53 Å². The third-order valence-electron chi connectivity index (χ3n) is 5.26. The van der Waals surface area contributed by atoms with Crippen LogP contribution in [-0.2, 0) is 18.2 Å². The molecule has 3 aromatic heterocycles. The zero-order chi connectivity index (χ0) is 21.3. The molecule has 1 atom stereocenters. The van der Waals surface area contributed by atoms with Crippen LogP contribution in [0.15, 0.2) is 6.07 Å². The molecule has 3 aromatic rings. The molecule has 4 heterocycles. The number of rotatable bonds is 7. The van der Waals surface area contributed by atoms with Crippen molar-refractivity contribution in [3.8, 4) is 0 Å². The van der Waals surface area contributed by atoms with E-state index in [1.807, 2.05) is 13.0 Å². The van der Waals surface area contributed by atoms with E-state index in [4.69, 9.17) is 16.2 Å². The topological polar surface area (TPSA) is 138 Å². The lowest BCUT2D eigenvalue weighted by Crippen LogP contribution is -2.37. The van der Waals surface area contributed by atoms with Crippen molar-refractivity contribution in [3.63, 3.8) is 0 Å². The number of nitrogens with zero attached hydrogens (tertiary/aromatic N) is 6. The van der Waals surface area contributed by atoms with Crippen molar-refractivity contribution in [2.24, 2.45) is 18.7 Å². The van der Waals surface area contributed by atoms with Crippen LogP contribution in [0.5, 0.6) is 0 Å². The molecule has 0 saturated carbocycles. The number of carbonyl (C=O) groups is 1. The normalized spacial score (nSPS) is 17.0. The van der Waals surface area contributed by atoms with Gasteiger partial charge in [-0.15, -0.1) is 21.5 Å². The van der Waals surface area contributed by atoms with Gasteiger partial charge in [-0.1, -0.05) is 0 Å². The molecule has 0 aliphatic carbocycles. The largest absolute Gasteiger partial charge is 0.397 e. The minimum atomic E-state index is -0.512. The number of aryl methyl sites for hydroxylation is 2. The van der Waals surface area contributed by atoms with Crippen LogP contribution in [-0.4, -0.2) is 57.4 Å². The minimum absolute atomic E-state index is 0.374. The molecule has 4 N–H and O–H groups in total. The number of pyridine rings is 1. The van der Waals surface area contributed by atoms with E-state index in [2.05, 4.69) is 25.3 Å². The first-order chi connectivity index (χ1) is 14.4. The molecule has 0 aromatic carbocycles. The van der Waals surface area contributed by atoms with Gasteiger partial charge in [0.25, 0.3) is 5.91 Å². The molecule has 10 nitrogen and oxygen atoms in total. The quantitative estimate of drug-likeness (QED) is 0.535. The van der Waals surface area contributed by atoms with Crippen LogP contribution >= 0.6 is 11.3 Å². The number of ether oxygens (including phenoxy) is 1. The molecule has 0 unspecified atom stereocenters. The molecule has 1 aliphatic rings. The number of primary amides is 1. The summed E-state index contributed by atoms with van der Waals surface area (Å²) in [5.74, 6) is 0.588. The van der Waals surface area contributed by atoms with Gasteiger partial charge in [-0.3, -0.25) is 4.79 Å². The molecule has 0 radical (unpaired) electrons. The Kier molecular flexibility index (Phi) is 5.82. The number of hydrogen-bond acceptors (Lipinski definition) is 9. The van der Waals surface area contributed by atoms with Gasteiger partial charge in [0.1, 0.15) is 9.71 Å². The predicted octanol–water partition coefficient (Wildman–Crippen LogP) is 1.29. The molecule has 1 amide bonds. The van der Waals surface area contributed by atoms with Crippen molar-refractivity contribution in [1.82, 2.24) is 25.2 Å². The fourth-order valence-corrected chi connectivity index (χ4v) is 4.92. The third-order valence-corrected chi connectivity index (χ3v) is 6.38. The molecule has 4 rings (SSSR count). The van der Waals surface area contributed by atoms with E-state index in [-0.39, 0.29) is 0 Å². The summed E-state index contributed by atoms with van der Waals surface area (Å²) in [4.78, 5) is 21.2. The molecule has 11 heteroatoms. The van der Waals surface area contributed by atoms with E-state index < -0.39 is 5.91 Å². The highest BCUT2D eigenvalue weighted by molar-refractivity contribution is 7.21. The van der Waals surface area contributed by atoms with Gasteiger partial charge >= 0.3 is 0 Å². The van der Waals surface area contributed by atoms with Crippen molar-refractivity contribution in [2.45, 2.75) is 26.2 Å². The van der Waals surface area contributed by atoms with Gasteiger partial charge in [0.05, 0.1) is 37.0 Å². The van der Waals surface area contributed by atoms with E-state index in [0.717, 1.165) is 47.5 Å². The van der Waals surface area contributed by atoms with Crippen LogP contribution in [0.2, 0.25) is 0 Å². The second kappa shape index (κ2) is 8.52. The Morgan fingerprint density at radius 1 is 1.43 bits per heavy atom. The Hall–Kier alpha value is -2.79. The Balaban J connectivity index is 1.45. The zero-order valence-electron chi connectivity index (χ0n) is 17.2. The van der Waals surface area contributed by atoms with Crippen LogP contribution in [0.3, 0.4) is 0 Å². The van der Waals surface area contributed by atoms with E-state index in [1.54, 1.807) is 7.05 Å². The zero-order valence-corrected chi connectivity index (χ0v) is 18.0. The number of aromatic nitrogens is 5. The highest BCUT2D eigenvalue weighted by Gasteiger charge is 2.25. The summed E-state index contributed by atoms with van der Waals surface area (Å²) < 4.78 is 5.90. The number of amides is 1. The molecular formula is C19H26N8O2S. The molecule has 0 spiro atoms. The molecule has 0 bridgehead atoms. The highest BCUT2D eigenvalue weighted by atomic mass is 32.1. The lowest BCUT2D eigenvalue weighted by Gasteiger charge is -2.35. The number of anilines is 2. The Morgan fingerprint density at radius 3 is 3.00 bits per heavy atom. The number of hydrogen-bond donors (Lipinski definition) is 2. The number of carbonyl (C=O) groups excluding carboxylic acids is 1.